The molecule has 7 N–H and O–H groups in total. The van der Waals surface area contributed by atoms with Gasteiger partial charge in [0.1, 0.15) is 18.7 Å². The molecule has 0 heterocycles. The van der Waals surface area contributed by atoms with Crippen LogP contribution in [-0.2, 0) is 20.9 Å². The number of nitrogens with two attached hydrogens (primary N) is 1. The molecule has 0 aliphatic heterocycles. The van der Waals surface area contributed by atoms with Gasteiger partial charge in [0.15, 0.2) is 0 Å². The van der Waals surface area contributed by atoms with Gasteiger partial charge in [0.05, 0.1) is 6.61 Å². The van der Waals surface area contributed by atoms with Gasteiger partial charge in [0.2, 0.25) is 11.8 Å². The van der Waals surface area contributed by atoms with Crippen LogP contribution in [0.25, 0.3) is 0 Å². The van der Waals surface area contributed by atoms with E-state index in [4.69, 9.17) is 15.6 Å². The van der Waals surface area contributed by atoms with Crippen molar-refractivity contribution in [3.8, 4) is 0 Å². The SMILES string of the molecule is C=CCOC(=O)NC(C(=O)NC(CCCNC(N)=O)C(=O)Nc1ccc(CO)cc1)C(C)C. The highest BCUT2D eigenvalue weighted by molar-refractivity contribution is 5.98. The first kappa shape index (κ1) is 27.4. The number of amides is 5. The molecule has 2 atom stereocenters. The summed E-state index contributed by atoms with van der Waals surface area (Å²) in [4.78, 5) is 48.5. The highest BCUT2D eigenvalue weighted by atomic mass is 16.5. The summed E-state index contributed by atoms with van der Waals surface area (Å²) in [6, 6.07) is 4.00. The smallest absolute Gasteiger partial charge is 0.408 e. The topological polar surface area (TPSA) is 172 Å². The summed E-state index contributed by atoms with van der Waals surface area (Å²) in [7, 11) is 0. The normalized spacial score (nSPS) is 12.2. The Balaban J connectivity index is 2.89. The quantitative estimate of drug-likeness (QED) is 0.188. The van der Waals surface area contributed by atoms with Crippen molar-refractivity contribution in [1.82, 2.24) is 16.0 Å². The lowest BCUT2D eigenvalue weighted by Crippen LogP contribution is -2.54. The summed E-state index contributed by atoms with van der Waals surface area (Å²) >= 11 is 0. The standard InChI is InChI=1S/C22H33N5O6/c1-4-12-33-22(32)27-18(14(2)3)20(30)26-17(6-5-11-24-21(23)31)19(29)25-16-9-7-15(13-28)8-10-16/h4,7-10,14,17-18,28H,1,5-6,11-13H2,2-3H3,(H,25,29)(H,26,30)(H,27,32)(H3,23,24,31). The number of hydrogen-bond acceptors (Lipinski definition) is 6. The Morgan fingerprint density at radius 3 is 2.33 bits per heavy atom. The number of carbonyl (C=O) groups excluding carboxylic acids is 4. The number of anilines is 1. The van der Waals surface area contributed by atoms with Crippen LogP contribution in [-0.4, -0.2) is 54.3 Å². The number of primary amides is 1. The van der Waals surface area contributed by atoms with Crippen LogP contribution < -0.4 is 27.0 Å². The van der Waals surface area contributed by atoms with Crippen molar-refractivity contribution in [1.29, 1.82) is 0 Å². The molecular formula is C22H33N5O6. The molecule has 11 nitrogen and oxygen atoms in total. The number of aliphatic hydroxyl groups excluding tert-OH is 1. The molecule has 182 valence electrons. The van der Waals surface area contributed by atoms with Crippen molar-refractivity contribution in [2.24, 2.45) is 11.7 Å². The van der Waals surface area contributed by atoms with Gasteiger partial charge in [0.25, 0.3) is 0 Å². The van der Waals surface area contributed by atoms with Crippen LogP contribution in [0.3, 0.4) is 0 Å². The number of ether oxygens (including phenoxy) is 1. The Hall–Kier alpha value is -3.60. The highest BCUT2D eigenvalue weighted by Gasteiger charge is 2.29. The van der Waals surface area contributed by atoms with Crippen molar-refractivity contribution < 1.29 is 29.0 Å². The third-order valence-corrected chi connectivity index (χ3v) is 4.56. The third kappa shape index (κ3) is 10.5. The lowest BCUT2D eigenvalue weighted by Gasteiger charge is -2.25. The molecule has 1 aromatic rings. The molecule has 5 amide bonds. The molecule has 0 saturated heterocycles. The minimum atomic E-state index is -0.947. The first-order chi connectivity index (χ1) is 15.7. The zero-order valence-electron chi connectivity index (χ0n) is 18.9. The zero-order valence-corrected chi connectivity index (χ0v) is 18.9. The van der Waals surface area contributed by atoms with Crippen molar-refractivity contribution >= 4 is 29.6 Å². The Labute approximate surface area is 193 Å². The Bertz CT molecular complexity index is 812. The summed E-state index contributed by atoms with van der Waals surface area (Å²) in [5, 5.41) is 19.4. The molecule has 2 unspecified atom stereocenters. The largest absolute Gasteiger partial charge is 0.445 e. The number of rotatable bonds is 13. The number of benzene rings is 1. The molecular weight excluding hydrogens is 430 g/mol. The first-order valence-electron chi connectivity index (χ1n) is 10.6. The van der Waals surface area contributed by atoms with Crippen LogP contribution in [0.1, 0.15) is 32.3 Å². The van der Waals surface area contributed by atoms with Crippen molar-refractivity contribution in [2.75, 3.05) is 18.5 Å². The van der Waals surface area contributed by atoms with Crippen LogP contribution in [0.15, 0.2) is 36.9 Å². The second-order valence-corrected chi connectivity index (χ2v) is 7.59. The van der Waals surface area contributed by atoms with E-state index in [1.807, 2.05) is 0 Å². The van der Waals surface area contributed by atoms with Crippen molar-refractivity contribution in [3.63, 3.8) is 0 Å². The van der Waals surface area contributed by atoms with E-state index in [0.717, 1.165) is 0 Å². The molecule has 0 radical (unpaired) electrons. The molecule has 11 heteroatoms. The fraction of sp³-hybridized carbons (Fsp3) is 0.455. The van der Waals surface area contributed by atoms with E-state index in [9.17, 15) is 19.2 Å². The minimum absolute atomic E-state index is 0.00870. The number of aliphatic hydroxyl groups is 1. The average Bonchev–Trinajstić information content (AvgIpc) is 2.77. The Morgan fingerprint density at radius 2 is 1.79 bits per heavy atom. The summed E-state index contributed by atoms with van der Waals surface area (Å²) in [6.45, 7) is 7.03. The predicted molar refractivity (Wildman–Crippen MR) is 123 cm³/mol. The lowest BCUT2D eigenvalue weighted by molar-refractivity contribution is -0.128. The van der Waals surface area contributed by atoms with E-state index in [1.54, 1.807) is 38.1 Å². The van der Waals surface area contributed by atoms with Gasteiger partial charge >= 0.3 is 12.1 Å². The fourth-order valence-corrected chi connectivity index (χ4v) is 2.81. The van der Waals surface area contributed by atoms with E-state index < -0.39 is 36.0 Å². The molecule has 0 aromatic heterocycles. The molecule has 1 rings (SSSR count). The van der Waals surface area contributed by atoms with E-state index in [0.29, 0.717) is 17.7 Å². The van der Waals surface area contributed by atoms with Gasteiger partial charge in [0, 0.05) is 12.2 Å². The van der Waals surface area contributed by atoms with Gasteiger partial charge < -0.3 is 36.8 Å². The number of urea groups is 1. The second kappa shape index (κ2) is 14.5. The van der Waals surface area contributed by atoms with Gasteiger partial charge in [-0.2, -0.15) is 0 Å². The van der Waals surface area contributed by atoms with Crippen LogP contribution in [0, 0.1) is 5.92 Å². The van der Waals surface area contributed by atoms with Gasteiger partial charge in [-0.05, 0) is 36.5 Å². The summed E-state index contributed by atoms with van der Waals surface area (Å²) in [5.74, 6) is -1.32. The molecule has 0 saturated carbocycles. The fourth-order valence-electron chi connectivity index (χ4n) is 2.81. The summed E-state index contributed by atoms with van der Waals surface area (Å²) < 4.78 is 4.88. The maximum atomic E-state index is 12.9. The highest BCUT2D eigenvalue weighted by Crippen LogP contribution is 2.12. The molecule has 0 fully saturated rings. The average molecular weight is 464 g/mol. The van der Waals surface area contributed by atoms with Crippen molar-refractivity contribution in [3.05, 3.63) is 42.5 Å². The number of nitrogens with one attached hydrogen (secondary N) is 4. The van der Waals surface area contributed by atoms with E-state index >= 15 is 0 Å². The molecule has 0 aliphatic carbocycles. The van der Waals surface area contributed by atoms with Crippen LogP contribution in [0.5, 0.6) is 0 Å². The first-order valence-corrected chi connectivity index (χ1v) is 10.6. The maximum absolute atomic E-state index is 12.9. The number of hydrogen-bond donors (Lipinski definition) is 6. The monoisotopic (exact) mass is 463 g/mol. The Morgan fingerprint density at radius 1 is 1.12 bits per heavy atom. The van der Waals surface area contributed by atoms with Gasteiger partial charge in [-0.1, -0.05) is 38.6 Å². The Kier molecular flexibility index (Phi) is 12.0. The van der Waals surface area contributed by atoms with Crippen LogP contribution in [0.2, 0.25) is 0 Å². The molecule has 0 spiro atoms. The van der Waals surface area contributed by atoms with E-state index in [2.05, 4.69) is 27.8 Å². The van der Waals surface area contributed by atoms with Gasteiger partial charge in [-0.25, -0.2) is 9.59 Å². The summed E-state index contributed by atoms with van der Waals surface area (Å²) in [6.07, 6.45) is 1.20. The van der Waals surface area contributed by atoms with Gasteiger partial charge in [-0.3, -0.25) is 9.59 Å². The lowest BCUT2D eigenvalue weighted by atomic mass is 10.0. The third-order valence-electron chi connectivity index (χ3n) is 4.56. The van der Waals surface area contributed by atoms with Gasteiger partial charge in [-0.15, -0.1) is 0 Å². The van der Waals surface area contributed by atoms with E-state index in [1.165, 1.54) is 6.08 Å². The predicted octanol–water partition coefficient (Wildman–Crippen LogP) is 0.988. The minimum Gasteiger partial charge on any atom is -0.445 e. The molecule has 0 bridgehead atoms. The summed E-state index contributed by atoms with van der Waals surface area (Å²) in [5.41, 5.74) is 6.22. The number of alkyl carbamates (subject to hydrolysis) is 1. The number of carbonyl (C=O) groups is 4. The second-order valence-electron chi connectivity index (χ2n) is 7.59. The van der Waals surface area contributed by atoms with Crippen molar-refractivity contribution in [2.45, 2.75) is 45.4 Å². The maximum Gasteiger partial charge on any atom is 0.408 e. The zero-order chi connectivity index (χ0) is 24.8. The molecule has 1 aromatic carbocycles. The molecule has 0 aliphatic rings. The molecule has 33 heavy (non-hydrogen) atoms. The van der Waals surface area contributed by atoms with Crippen LogP contribution in [0.4, 0.5) is 15.3 Å². The van der Waals surface area contributed by atoms with Crippen LogP contribution >= 0.6 is 0 Å². The van der Waals surface area contributed by atoms with E-state index in [-0.39, 0.29) is 32.1 Å².